The molecular weight excluding hydrogens is 167 g/mol. The van der Waals surface area contributed by atoms with Gasteiger partial charge in [0.15, 0.2) is 0 Å². The maximum atomic E-state index is 13.1. The van der Waals surface area contributed by atoms with Gasteiger partial charge in [-0.3, -0.25) is 0 Å². The number of hydrogen-bond donors (Lipinski definition) is 0. The second-order valence-electron chi connectivity index (χ2n) is 3.53. The highest BCUT2D eigenvalue weighted by Crippen LogP contribution is 2.22. The number of aryl methyl sites for hydroxylation is 2. The van der Waals surface area contributed by atoms with Gasteiger partial charge in [-0.1, -0.05) is 0 Å². The molecule has 13 heavy (non-hydrogen) atoms. The van der Waals surface area contributed by atoms with Gasteiger partial charge in [0.1, 0.15) is 11.6 Å². The Kier molecular flexibility index (Phi) is 2.91. The lowest BCUT2D eigenvalue weighted by Crippen LogP contribution is -2.07. The zero-order valence-corrected chi connectivity index (χ0v) is 8.52. The molecule has 0 aromatic heterocycles. The van der Waals surface area contributed by atoms with E-state index in [2.05, 4.69) is 0 Å². The standard InChI is InChI=1S/C11H15FO/c1-7(2)13-11-6-10(12)8(3)5-9(11)4/h5-7H,1-4H3. The molecule has 2 heteroatoms. The van der Waals surface area contributed by atoms with E-state index in [9.17, 15) is 4.39 Å². The van der Waals surface area contributed by atoms with Crippen LogP contribution in [0.2, 0.25) is 0 Å². The van der Waals surface area contributed by atoms with Crippen LogP contribution in [-0.2, 0) is 0 Å². The molecule has 0 saturated heterocycles. The largest absolute Gasteiger partial charge is 0.491 e. The highest BCUT2D eigenvalue weighted by Gasteiger charge is 2.06. The van der Waals surface area contributed by atoms with Crippen LogP contribution in [0.4, 0.5) is 4.39 Å². The van der Waals surface area contributed by atoms with Crippen LogP contribution in [0.15, 0.2) is 12.1 Å². The van der Waals surface area contributed by atoms with Gasteiger partial charge in [0, 0.05) is 6.07 Å². The molecule has 0 aliphatic rings. The Balaban J connectivity index is 3.01. The van der Waals surface area contributed by atoms with Crippen LogP contribution in [-0.4, -0.2) is 6.10 Å². The molecule has 0 fully saturated rings. The Hall–Kier alpha value is -1.05. The fourth-order valence-electron chi connectivity index (χ4n) is 1.19. The number of halogens is 1. The molecule has 0 heterocycles. The monoisotopic (exact) mass is 182 g/mol. The molecule has 0 atom stereocenters. The summed E-state index contributed by atoms with van der Waals surface area (Å²) in [6.07, 6.45) is 0.0841. The van der Waals surface area contributed by atoms with E-state index in [0.717, 1.165) is 5.56 Å². The van der Waals surface area contributed by atoms with Crippen molar-refractivity contribution in [3.05, 3.63) is 29.1 Å². The van der Waals surface area contributed by atoms with Crippen LogP contribution >= 0.6 is 0 Å². The lowest BCUT2D eigenvalue weighted by atomic mass is 10.1. The summed E-state index contributed by atoms with van der Waals surface area (Å²) >= 11 is 0. The molecular formula is C11H15FO. The highest BCUT2D eigenvalue weighted by molar-refractivity contribution is 5.36. The lowest BCUT2D eigenvalue weighted by Gasteiger charge is -2.13. The van der Waals surface area contributed by atoms with Gasteiger partial charge in [0.2, 0.25) is 0 Å². The molecule has 0 bridgehead atoms. The van der Waals surface area contributed by atoms with Gasteiger partial charge in [-0.05, 0) is 44.9 Å². The number of ether oxygens (including phenoxy) is 1. The summed E-state index contributed by atoms with van der Waals surface area (Å²) < 4.78 is 18.6. The van der Waals surface area contributed by atoms with Crippen LogP contribution in [0, 0.1) is 19.7 Å². The molecule has 0 amide bonds. The van der Waals surface area contributed by atoms with Crippen molar-refractivity contribution in [3.63, 3.8) is 0 Å². The Labute approximate surface area is 78.5 Å². The fourth-order valence-corrected chi connectivity index (χ4v) is 1.19. The second-order valence-corrected chi connectivity index (χ2v) is 3.53. The molecule has 0 radical (unpaired) electrons. The Morgan fingerprint density at radius 1 is 1.15 bits per heavy atom. The zero-order chi connectivity index (χ0) is 10.0. The minimum Gasteiger partial charge on any atom is -0.491 e. The van der Waals surface area contributed by atoms with Gasteiger partial charge in [0.05, 0.1) is 6.10 Å². The third-order valence-corrected chi connectivity index (χ3v) is 1.82. The second kappa shape index (κ2) is 3.77. The lowest BCUT2D eigenvalue weighted by molar-refractivity contribution is 0.239. The molecule has 0 unspecified atom stereocenters. The van der Waals surface area contributed by atoms with Gasteiger partial charge in [-0.2, -0.15) is 0 Å². The summed E-state index contributed by atoms with van der Waals surface area (Å²) in [4.78, 5) is 0. The summed E-state index contributed by atoms with van der Waals surface area (Å²) in [6, 6.07) is 3.25. The Bertz CT molecular complexity index is 305. The van der Waals surface area contributed by atoms with E-state index in [1.807, 2.05) is 20.8 Å². The van der Waals surface area contributed by atoms with E-state index < -0.39 is 0 Å². The topological polar surface area (TPSA) is 9.23 Å². The van der Waals surface area contributed by atoms with Crippen molar-refractivity contribution in [1.29, 1.82) is 0 Å². The first-order chi connectivity index (χ1) is 6.00. The molecule has 72 valence electrons. The molecule has 0 N–H and O–H groups in total. The predicted molar refractivity (Wildman–Crippen MR) is 51.6 cm³/mol. The Morgan fingerprint density at radius 2 is 1.77 bits per heavy atom. The summed E-state index contributed by atoms with van der Waals surface area (Å²) in [5, 5.41) is 0. The van der Waals surface area contributed by atoms with Gasteiger partial charge < -0.3 is 4.74 Å². The number of rotatable bonds is 2. The third-order valence-electron chi connectivity index (χ3n) is 1.82. The molecule has 0 spiro atoms. The smallest absolute Gasteiger partial charge is 0.129 e. The SMILES string of the molecule is Cc1cc(C)c(OC(C)C)cc1F. The molecule has 1 aromatic rings. The molecule has 0 aliphatic carbocycles. The first kappa shape index (κ1) is 10.0. The average molecular weight is 182 g/mol. The van der Waals surface area contributed by atoms with Gasteiger partial charge in [-0.25, -0.2) is 4.39 Å². The minimum atomic E-state index is -0.207. The first-order valence-electron chi connectivity index (χ1n) is 4.44. The Morgan fingerprint density at radius 3 is 2.31 bits per heavy atom. The molecule has 0 saturated carbocycles. The predicted octanol–water partition coefficient (Wildman–Crippen LogP) is 3.23. The van der Waals surface area contributed by atoms with E-state index in [0.29, 0.717) is 11.3 Å². The number of hydrogen-bond acceptors (Lipinski definition) is 1. The van der Waals surface area contributed by atoms with Crippen molar-refractivity contribution in [1.82, 2.24) is 0 Å². The van der Waals surface area contributed by atoms with E-state index in [-0.39, 0.29) is 11.9 Å². The molecule has 1 rings (SSSR count). The molecule has 0 aliphatic heterocycles. The van der Waals surface area contributed by atoms with E-state index >= 15 is 0 Å². The summed E-state index contributed by atoms with van der Waals surface area (Å²) in [5.41, 5.74) is 1.64. The van der Waals surface area contributed by atoms with Crippen molar-refractivity contribution in [2.24, 2.45) is 0 Å². The summed E-state index contributed by atoms with van der Waals surface area (Å²) in [6.45, 7) is 7.53. The van der Waals surface area contributed by atoms with Crippen molar-refractivity contribution < 1.29 is 9.13 Å². The molecule has 1 nitrogen and oxygen atoms in total. The normalized spacial score (nSPS) is 10.6. The van der Waals surface area contributed by atoms with Crippen molar-refractivity contribution in [2.75, 3.05) is 0 Å². The van der Waals surface area contributed by atoms with Crippen molar-refractivity contribution in [2.45, 2.75) is 33.8 Å². The number of benzene rings is 1. The van der Waals surface area contributed by atoms with Crippen LogP contribution < -0.4 is 4.74 Å². The minimum absolute atomic E-state index is 0.0841. The van der Waals surface area contributed by atoms with Gasteiger partial charge in [0.25, 0.3) is 0 Å². The van der Waals surface area contributed by atoms with Crippen LogP contribution in [0.5, 0.6) is 5.75 Å². The maximum absolute atomic E-state index is 13.1. The van der Waals surface area contributed by atoms with Crippen molar-refractivity contribution >= 4 is 0 Å². The summed E-state index contributed by atoms with van der Waals surface area (Å²) in [5.74, 6) is 0.430. The summed E-state index contributed by atoms with van der Waals surface area (Å²) in [7, 11) is 0. The fraction of sp³-hybridized carbons (Fsp3) is 0.455. The van der Waals surface area contributed by atoms with E-state index in [1.54, 1.807) is 13.0 Å². The van der Waals surface area contributed by atoms with Crippen LogP contribution in [0.3, 0.4) is 0 Å². The first-order valence-corrected chi connectivity index (χ1v) is 4.44. The average Bonchev–Trinajstić information content (AvgIpc) is 1.99. The maximum Gasteiger partial charge on any atom is 0.129 e. The highest BCUT2D eigenvalue weighted by atomic mass is 19.1. The quantitative estimate of drug-likeness (QED) is 0.682. The van der Waals surface area contributed by atoms with E-state index in [4.69, 9.17) is 4.74 Å². The van der Waals surface area contributed by atoms with Gasteiger partial charge in [-0.15, -0.1) is 0 Å². The third kappa shape index (κ3) is 2.44. The van der Waals surface area contributed by atoms with Crippen molar-refractivity contribution in [3.8, 4) is 5.75 Å². The van der Waals surface area contributed by atoms with Crippen LogP contribution in [0.25, 0.3) is 0 Å². The zero-order valence-electron chi connectivity index (χ0n) is 8.52. The van der Waals surface area contributed by atoms with Crippen LogP contribution in [0.1, 0.15) is 25.0 Å². The molecule has 1 aromatic carbocycles. The van der Waals surface area contributed by atoms with E-state index in [1.165, 1.54) is 6.07 Å². The van der Waals surface area contributed by atoms with Gasteiger partial charge >= 0.3 is 0 Å².